The average molecular weight is 669 g/mol. The molecule has 51 heavy (non-hydrogen) atoms. The summed E-state index contributed by atoms with van der Waals surface area (Å²) in [5, 5.41) is 6.73. The summed E-state index contributed by atoms with van der Waals surface area (Å²) in [6.07, 6.45) is 3.69. The molecule has 238 valence electrons. The number of hydrogen-bond donors (Lipinski definition) is 0. The lowest BCUT2D eigenvalue weighted by molar-refractivity contribution is 1.23. The Labute approximate surface area is 298 Å². The molecule has 5 heteroatoms. The third-order valence-corrected chi connectivity index (χ3v) is 10.6. The molecule has 0 unspecified atom stereocenters. The predicted molar refractivity (Wildman–Crippen MR) is 213 cm³/mol. The maximum atomic E-state index is 5.19. The van der Waals surface area contributed by atoms with Gasteiger partial charge >= 0.3 is 0 Å². The van der Waals surface area contributed by atoms with Gasteiger partial charge in [0, 0.05) is 39.9 Å². The van der Waals surface area contributed by atoms with E-state index in [0.717, 1.165) is 65.3 Å². The van der Waals surface area contributed by atoms with E-state index in [1.165, 1.54) is 32.8 Å². The average Bonchev–Trinajstić information content (AvgIpc) is 3.65. The Balaban J connectivity index is 1.22. The normalized spacial score (nSPS) is 11.5. The van der Waals surface area contributed by atoms with Crippen LogP contribution in [0.5, 0.6) is 0 Å². The van der Waals surface area contributed by atoms with Crippen LogP contribution in [0.25, 0.3) is 98.1 Å². The molecular formula is C46H28N4S. The summed E-state index contributed by atoms with van der Waals surface area (Å²) < 4.78 is 1.15. The van der Waals surface area contributed by atoms with Gasteiger partial charge in [-0.3, -0.25) is 4.98 Å². The van der Waals surface area contributed by atoms with Crippen LogP contribution in [-0.2, 0) is 0 Å². The highest BCUT2D eigenvalue weighted by Gasteiger charge is 2.20. The number of nitrogens with zero attached hydrogens (tertiary/aromatic N) is 4. The highest BCUT2D eigenvalue weighted by molar-refractivity contribution is 7.21. The van der Waals surface area contributed by atoms with Gasteiger partial charge in [0.05, 0.1) is 21.4 Å². The van der Waals surface area contributed by atoms with E-state index in [9.17, 15) is 0 Å². The van der Waals surface area contributed by atoms with E-state index in [-0.39, 0.29) is 0 Å². The quantitative estimate of drug-likeness (QED) is 0.183. The van der Waals surface area contributed by atoms with Crippen molar-refractivity contribution in [3.8, 4) is 55.5 Å². The van der Waals surface area contributed by atoms with Crippen molar-refractivity contribution in [2.75, 3.05) is 0 Å². The van der Waals surface area contributed by atoms with Gasteiger partial charge in [0.1, 0.15) is 5.01 Å². The first-order valence-corrected chi connectivity index (χ1v) is 17.8. The molecule has 10 aromatic rings. The molecule has 0 saturated heterocycles. The Hall–Kier alpha value is -6.56. The van der Waals surface area contributed by atoms with Crippen molar-refractivity contribution in [2.24, 2.45) is 0 Å². The molecule has 0 amide bonds. The molecular weight excluding hydrogens is 641 g/mol. The Morgan fingerprint density at radius 2 is 1.18 bits per heavy atom. The van der Waals surface area contributed by atoms with Gasteiger partial charge in [-0.05, 0) is 68.7 Å². The summed E-state index contributed by atoms with van der Waals surface area (Å²) in [5.74, 6) is 0.719. The lowest BCUT2D eigenvalue weighted by atomic mass is 9.86. The number of fused-ring (bicyclic) bond motifs is 5. The van der Waals surface area contributed by atoms with Crippen molar-refractivity contribution in [1.29, 1.82) is 0 Å². The fourth-order valence-electron chi connectivity index (χ4n) is 7.22. The van der Waals surface area contributed by atoms with Gasteiger partial charge in [0.2, 0.25) is 0 Å². The van der Waals surface area contributed by atoms with Crippen molar-refractivity contribution in [1.82, 2.24) is 19.9 Å². The summed E-state index contributed by atoms with van der Waals surface area (Å²) in [4.78, 5) is 19.7. The summed E-state index contributed by atoms with van der Waals surface area (Å²) in [5.41, 5.74) is 10.6. The number of hydrogen-bond acceptors (Lipinski definition) is 5. The smallest absolute Gasteiger partial charge is 0.160 e. The second-order valence-corrected chi connectivity index (χ2v) is 13.7. The number of benzene rings is 7. The van der Waals surface area contributed by atoms with Crippen LogP contribution in [-0.4, -0.2) is 19.9 Å². The van der Waals surface area contributed by atoms with E-state index in [4.69, 9.17) is 15.0 Å². The molecule has 10 rings (SSSR count). The molecule has 0 aliphatic carbocycles. The van der Waals surface area contributed by atoms with Gasteiger partial charge in [-0.15, -0.1) is 11.3 Å². The molecule has 0 aliphatic heterocycles. The zero-order chi connectivity index (χ0) is 33.7. The third-order valence-electron chi connectivity index (χ3n) is 9.59. The van der Waals surface area contributed by atoms with Crippen LogP contribution in [0.2, 0.25) is 0 Å². The molecule has 0 spiro atoms. The zero-order valence-electron chi connectivity index (χ0n) is 27.4. The van der Waals surface area contributed by atoms with Crippen molar-refractivity contribution in [3.63, 3.8) is 0 Å². The van der Waals surface area contributed by atoms with E-state index >= 15 is 0 Å². The van der Waals surface area contributed by atoms with Crippen LogP contribution in [0.1, 0.15) is 0 Å². The molecule has 0 radical (unpaired) electrons. The van der Waals surface area contributed by atoms with Crippen molar-refractivity contribution >= 4 is 54.0 Å². The molecule has 0 N–H and O–H groups in total. The first kappa shape index (κ1) is 29.4. The summed E-state index contributed by atoms with van der Waals surface area (Å²) >= 11 is 1.72. The molecule has 4 nitrogen and oxygen atoms in total. The molecule has 0 bridgehead atoms. The lowest BCUT2D eigenvalue weighted by Gasteiger charge is -2.17. The van der Waals surface area contributed by atoms with Crippen molar-refractivity contribution < 1.29 is 0 Å². The number of para-hydroxylation sites is 1. The van der Waals surface area contributed by atoms with Crippen LogP contribution in [0.4, 0.5) is 0 Å². The second kappa shape index (κ2) is 12.1. The third kappa shape index (κ3) is 5.06. The first-order chi connectivity index (χ1) is 25.3. The lowest BCUT2D eigenvalue weighted by Crippen LogP contribution is -1.95. The Bertz CT molecular complexity index is 2920. The minimum absolute atomic E-state index is 0.719. The molecule has 7 aromatic carbocycles. The first-order valence-electron chi connectivity index (χ1n) is 17.0. The molecule has 0 atom stereocenters. The molecule has 3 aromatic heterocycles. The van der Waals surface area contributed by atoms with Crippen LogP contribution in [0.15, 0.2) is 170 Å². The molecule has 3 heterocycles. The van der Waals surface area contributed by atoms with Gasteiger partial charge in [-0.2, -0.15) is 0 Å². The van der Waals surface area contributed by atoms with Gasteiger partial charge in [0.15, 0.2) is 5.82 Å². The van der Waals surface area contributed by atoms with Gasteiger partial charge < -0.3 is 0 Å². The van der Waals surface area contributed by atoms with Crippen molar-refractivity contribution in [2.45, 2.75) is 0 Å². The summed E-state index contributed by atoms with van der Waals surface area (Å²) in [6, 6.07) is 55.5. The van der Waals surface area contributed by atoms with E-state index < -0.39 is 0 Å². The minimum Gasteiger partial charge on any atom is -0.264 e. The minimum atomic E-state index is 0.719. The standard InChI is InChI=1S/C46H28N4S/c1-2-13-30(14-3-1)45-48-40-22-9-8-21-38(40)43(49-45)32-16-10-15-31(26-32)35-24-23-29-12-4-5-18-34(29)42(35)39-27-41-44(37-20-7-6-19-36(37)39)50-46(51-41)33-17-11-25-47-28-33/h1-28H. The number of pyridine rings is 1. The van der Waals surface area contributed by atoms with E-state index in [0.29, 0.717) is 0 Å². The van der Waals surface area contributed by atoms with Crippen LogP contribution in [0.3, 0.4) is 0 Å². The molecule has 0 saturated carbocycles. The second-order valence-electron chi connectivity index (χ2n) is 12.6. The van der Waals surface area contributed by atoms with Crippen LogP contribution < -0.4 is 0 Å². The van der Waals surface area contributed by atoms with Crippen molar-refractivity contribution in [3.05, 3.63) is 170 Å². The molecule has 0 aliphatic rings. The SMILES string of the molecule is c1ccc(-c2nc(-c3cccc(-c4ccc5ccccc5c4-c4cc5sc(-c6cccnc6)nc5c5ccccc45)c3)c3ccccc3n2)cc1. The predicted octanol–water partition coefficient (Wildman–Crippen LogP) is 12.3. The summed E-state index contributed by atoms with van der Waals surface area (Å²) in [6.45, 7) is 0. The molecule has 0 fully saturated rings. The highest BCUT2D eigenvalue weighted by Crippen LogP contribution is 2.45. The largest absolute Gasteiger partial charge is 0.264 e. The Kier molecular flexibility index (Phi) is 6.96. The Morgan fingerprint density at radius 3 is 2.04 bits per heavy atom. The monoisotopic (exact) mass is 668 g/mol. The highest BCUT2D eigenvalue weighted by atomic mass is 32.1. The maximum absolute atomic E-state index is 5.19. The van der Waals surface area contributed by atoms with Crippen LogP contribution >= 0.6 is 11.3 Å². The van der Waals surface area contributed by atoms with Gasteiger partial charge in [-0.1, -0.05) is 127 Å². The van der Waals surface area contributed by atoms with Gasteiger partial charge in [0.25, 0.3) is 0 Å². The maximum Gasteiger partial charge on any atom is 0.160 e. The summed E-state index contributed by atoms with van der Waals surface area (Å²) in [7, 11) is 0. The van der Waals surface area contributed by atoms with E-state index in [2.05, 4.69) is 132 Å². The number of thiazole rings is 1. The number of rotatable bonds is 5. The van der Waals surface area contributed by atoms with Gasteiger partial charge in [-0.25, -0.2) is 15.0 Å². The zero-order valence-corrected chi connectivity index (χ0v) is 28.2. The number of aromatic nitrogens is 4. The Morgan fingerprint density at radius 1 is 0.451 bits per heavy atom. The fourth-order valence-corrected chi connectivity index (χ4v) is 8.24. The topological polar surface area (TPSA) is 51.6 Å². The fraction of sp³-hybridized carbons (Fsp3) is 0. The van der Waals surface area contributed by atoms with Crippen LogP contribution in [0, 0.1) is 0 Å². The van der Waals surface area contributed by atoms with E-state index in [1.54, 1.807) is 17.5 Å². The van der Waals surface area contributed by atoms with E-state index in [1.807, 2.05) is 36.5 Å².